The molecule has 2 aromatic carbocycles. The number of halogens is 6. The molecule has 3 aromatic rings. The standard InChI is InChI=1S/C29H28F6O6/c1-3-5-6-7-18-8-11-22(25(12-18)41-29(33,34)35)23-13-20-9-10-21(14-24(20)40-27(23)37)38-16-19(15-28(30,31)32)17-39-26(36)4-2/h4,8-14,19H,2-3,5-7,15-17H2,1H3. The molecule has 3 rings (SSSR count). The van der Waals surface area contributed by atoms with Gasteiger partial charge in [0.1, 0.15) is 17.1 Å². The number of unbranched alkanes of at least 4 members (excludes halogenated alkanes) is 2. The van der Waals surface area contributed by atoms with Crippen LogP contribution >= 0.6 is 0 Å². The molecule has 1 unspecified atom stereocenters. The first-order valence-corrected chi connectivity index (χ1v) is 12.7. The van der Waals surface area contributed by atoms with Crippen molar-refractivity contribution in [1.82, 2.24) is 0 Å². The van der Waals surface area contributed by atoms with Gasteiger partial charge in [-0.05, 0) is 42.7 Å². The number of ether oxygens (including phenoxy) is 3. The third-order valence-corrected chi connectivity index (χ3v) is 5.97. The molecule has 0 radical (unpaired) electrons. The highest BCUT2D eigenvalue weighted by Crippen LogP contribution is 2.35. The fourth-order valence-electron chi connectivity index (χ4n) is 4.07. The number of alkyl halides is 6. The SMILES string of the molecule is C=CC(=O)OCC(COc1ccc2cc(-c3ccc(CCCCC)cc3OC(F)(F)F)c(=O)oc2c1)CC(F)(F)F. The fourth-order valence-corrected chi connectivity index (χ4v) is 4.07. The van der Waals surface area contributed by atoms with E-state index in [1.54, 1.807) is 6.07 Å². The number of esters is 1. The van der Waals surface area contributed by atoms with Crippen molar-refractivity contribution in [1.29, 1.82) is 0 Å². The second-order valence-corrected chi connectivity index (χ2v) is 9.31. The van der Waals surface area contributed by atoms with Crippen LogP contribution in [0.1, 0.15) is 38.2 Å². The Balaban J connectivity index is 1.87. The zero-order valence-corrected chi connectivity index (χ0v) is 22.1. The smallest absolute Gasteiger partial charge is 0.493 e. The van der Waals surface area contributed by atoms with Gasteiger partial charge in [0.05, 0.1) is 25.2 Å². The van der Waals surface area contributed by atoms with Gasteiger partial charge in [-0.1, -0.05) is 38.5 Å². The van der Waals surface area contributed by atoms with Crippen molar-refractivity contribution in [2.75, 3.05) is 13.2 Å². The number of benzene rings is 2. The molecular weight excluding hydrogens is 558 g/mol. The lowest BCUT2D eigenvalue weighted by Crippen LogP contribution is -2.25. The molecule has 0 saturated heterocycles. The van der Waals surface area contributed by atoms with E-state index in [9.17, 15) is 35.9 Å². The Kier molecular flexibility index (Phi) is 10.5. The highest BCUT2D eigenvalue weighted by atomic mass is 19.4. The van der Waals surface area contributed by atoms with Crippen LogP contribution < -0.4 is 15.1 Å². The Morgan fingerprint density at radius 2 is 1.76 bits per heavy atom. The van der Waals surface area contributed by atoms with Gasteiger partial charge in [-0.25, -0.2) is 9.59 Å². The predicted molar refractivity (Wildman–Crippen MR) is 139 cm³/mol. The molecule has 0 amide bonds. The summed E-state index contributed by atoms with van der Waals surface area (Å²) >= 11 is 0. The largest absolute Gasteiger partial charge is 0.573 e. The predicted octanol–water partition coefficient (Wildman–Crippen LogP) is 7.77. The van der Waals surface area contributed by atoms with Crippen LogP contribution in [0.3, 0.4) is 0 Å². The van der Waals surface area contributed by atoms with E-state index in [-0.39, 0.29) is 22.5 Å². The minimum Gasteiger partial charge on any atom is -0.493 e. The van der Waals surface area contributed by atoms with Gasteiger partial charge >= 0.3 is 24.1 Å². The number of rotatable bonds is 13. The second-order valence-electron chi connectivity index (χ2n) is 9.31. The first-order valence-electron chi connectivity index (χ1n) is 12.7. The van der Waals surface area contributed by atoms with Gasteiger partial charge in [-0.2, -0.15) is 13.2 Å². The monoisotopic (exact) mass is 586 g/mol. The molecule has 222 valence electrons. The number of carbonyl (C=O) groups excluding carboxylic acids is 1. The summed E-state index contributed by atoms with van der Waals surface area (Å²) < 4.78 is 98.1. The van der Waals surface area contributed by atoms with E-state index in [1.807, 2.05) is 6.92 Å². The minimum absolute atomic E-state index is 0.00354. The van der Waals surface area contributed by atoms with Crippen LogP contribution in [0.15, 0.2) is 64.3 Å². The third kappa shape index (κ3) is 9.87. The molecule has 1 aromatic heterocycles. The van der Waals surface area contributed by atoms with Crippen molar-refractivity contribution in [2.24, 2.45) is 5.92 Å². The van der Waals surface area contributed by atoms with Crippen molar-refractivity contribution in [3.63, 3.8) is 0 Å². The Morgan fingerprint density at radius 3 is 2.41 bits per heavy atom. The lowest BCUT2D eigenvalue weighted by Gasteiger charge is -2.19. The van der Waals surface area contributed by atoms with Gasteiger partial charge < -0.3 is 18.6 Å². The molecule has 0 aliphatic heterocycles. The lowest BCUT2D eigenvalue weighted by molar-refractivity contribution is -0.274. The average molecular weight is 587 g/mol. The molecule has 0 fully saturated rings. The molecule has 1 atom stereocenters. The molecule has 0 aliphatic rings. The Bertz CT molecular complexity index is 1410. The highest BCUT2D eigenvalue weighted by Gasteiger charge is 2.34. The zero-order valence-electron chi connectivity index (χ0n) is 22.1. The van der Waals surface area contributed by atoms with Crippen LogP contribution in [-0.4, -0.2) is 31.7 Å². The van der Waals surface area contributed by atoms with Crippen molar-refractivity contribution in [2.45, 2.75) is 51.6 Å². The molecule has 0 spiro atoms. The van der Waals surface area contributed by atoms with E-state index >= 15 is 0 Å². The molecule has 6 nitrogen and oxygen atoms in total. The first kappa shape index (κ1) is 31.6. The molecule has 41 heavy (non-hydrogen) atoms. The normalized spacial score (nSPS) is 12.7. The average Bonchev–Trinajstić information content (AvgIpc) is 2.88. The van der Waals surface area contributed by atoms with E-state index in [0.717, 1.165) is 25.3 Å². The summed E-state index contributed by atoms with van der Waals surface area (Å²) in [6.07, 6.45) is -6.82. The van der Waals surface area contributed by atoms with Gasteiger partial charge in [-0.3, -0.25) is 0 Å². The number of hydrogen-bond acceptors (Lipinski definition) is 6. The molecule has 0 saturated carbocycles. The summed E-state index contributed by atoms with van der Waals surface area (Å²) in [5, 5.41) is 0.323. The van der Waals surface area contributed by atoms with Gasteiger partial charge in [0, 0.05) is 29.0 Å². The number of carbonyl (C=O) groups is 1. The number of hydrogen-bond donors (Lipinski definition) is 0. The minimum atomic E-state index is -4.99. The third-order valence-electron chi connectivity index (χ3n) is 5.97. The first-order chi connectivity index (χ1) is 19.3. The Labute approximate surface area is 231 Å². The number of aryl methyl sites for hydroxylation is 1. The van der Waals surface area contributed by atoms with Crippen LogP contribution in [0.2, 0.25) is 0 Å². The molecular formula is C29H28F6O6. The summed E-state index contributed by atoms with van der Waals surface area (Å²) in [7, 11) is 0. The Hall–Kier alpha value is -3.96. The summed E-state index contributed by atoms with van der Waals surface area (Å²) in [5.41, 5.74) is -0.610. The highest BCUT2D eigenvalue weighted by molar-refractivity contribution is 5.84. The zero-order chi connectivity index (χ0) is 30.2. The Morgan fingerprint density at radius 1 is 1.00 bits per heavy atom. The van der Waals surface area contributed by atoms with Gasteiger partial charge in [0.25, 0.3) is 0 Å². The van der Waals surface area contributed by atoms with Crippen LogP contribution in [0.5, 0.6) is 11.5 Å². The van der Waals surface area contributed by atoms with Crippen molar-refractivity contribution in [3.05, 3.63) is 71.1 Å². The van der Waals surface area contributed by atoms with E-state index < -0.39 is 55.4 Å². The maximum atomic E-state index is 13.2. The maximum Gasteiger partial charge on any atom is 0.573 e. The van der Waals surface area contributed by atoms with Crippen LogP contribution in [-0.2, 0) is 16.0 Å². The lowest BCUT2D eigenvalue weighted by atomic mass is 10.00. The van der Waals surface area contributed by atoms with E-state index in [2.05, 4.69) is 11.3 Å². The summed E-state index contributed by atoms with van der Waals surface area (Å²) in [5.74, 6) is -2.57. The van der Waals surface area contributed by atoms with Crippen molar-refractivity contribution < 1.29 is 49.8 Å². The van der Waals surface area contributed by atoms with Crippen molar-refractivity contribution in [3.8, 4) is 22.6 Å². The summed E-state index contributed by atoms with van der Waals surface area (Å²) in [4.78, 5) is 24.1. The second kappa shape index (κ2) is 13.6. The molecule has 0 bridgehead atoms. The van der Waals surface area contributed by atoms with E-state index in [1.165, 1.54) is 36.4 Å². The summed E-state index contributed by atoms with van der Waals surface area (Å²) in [6.45, 7) is 4.16. The molecule has 0 aliphatic carbocycles. The molecule has 0 N–H and O–H groups in total. The van der Waals surface area contributed by atoms with Gasteiger partial charge in [0.15, 0.2) is 0 Å². The van der Waals surface area contributed by atoms with Gasteiger partial charge in [-0.15, -0.1) is 13.2 Å². The van der Waals surface area contributed by atoms with E-state index in [4.69, 9.17) is 13.9 Å². The molecule has 12 heteroatoms. The van der Waals surface area contributed by atoms with Crippen LogP contribution in [0, 0.1) is 5.92 Å². The maximum absolute atomic E-state index is 13.2. The van der Waals surface area contributed by atoms with E-state index in [0.29, 0.717) is 17.4 Å². The topological polar surface area (TPSA) is 75.0 Å². The quantitative estimate of drug-likeness (QED) is 0.0670. The van der Waals surface area contributed by atoms with Gasteiger partial charge in [0.2, 0.25) is 0 Å². The van der Waals surface area contributed by atoms with Crippen LogP contribution in [0.4, 0.5) is 26.3 Å². The number of fused-ring (bicyclic) bond motifs is 1. The van der Waals surface area contributed by atoms with Crippen molar-refractivity contribution >= 4 is 16.9 Å². The van der Waals surface area contributed by atoms with Crippen LogP contribution in [0.25, 0.3) is 22.1 Å². The fraction of sp³-hybridized carbons (Fsp3) is 0.379. The summed E-state index contributed by atoms with van der Waals surface area (Å²) in [6, 6.07) is 9.69. The molecule has 1 heterocycles.